The number of rotatable bonds is 3. The van der Waals surface area contributed by atoms with Crippen LogP contribution in [0.25, 0.3) is 0 Å². The lowest BCUT2D eigenvalue weighted by Crippen LogP contribution is -2.08. The third-order valence-corrected chi connectivity index (χ3v) is 3.06. The summed E-state index contributed by atoms with van der Waals surface area (Å²) in [6.45, 7) is 3.87. The van der Waals surface area contributed by atoms with Gasteiger partial charge < -0.3 is 0 Å². The number of hydrogen-bond donors (Lipinski definition) is 1. The zero-order valence-corrected chi connectivity index (χ0v) is 11.7. The van der Waals surface area contributed by atoms with Crippen molar-refractivity contribution in [1.82, 2.24) is 0 Å². The topological polar surface area (TPSA) is 24.4 Å². The van der Waals surface area contributed by atoms with Crippen LogP contribution in [0.1, 0.15) is 22.3 Å². The molecule has 0 saturated heterocycles. The smallest absolute Gasteiger partial charge is 0.278 e. The summed E-state index contributed by atoms with van der Waals surface area (Å²) in [4.78, 5) is 0. The maximum atomic E-state index is 12.8. The van der Waals surface area contributed by atoms with Gasteiger partial charge in [0.05, 0.1) is 17.5 Å². The van der Waals surface area contributed by atoms with E-state index in [0.29, 0.717) is 0 Å². The molecule has 0 heterocycles. The van der Waals surface area contributed by atoms with Gasteiger partial charge >= 0.3 is 6.18 Å². The van der Waals surface area contributed by atoms with E-state index in [1.807, 2.05) is 32.0 Å². The summed E-state index contributed by atoms with van der Waals surface area (Å²) in [5.41, 5.74) is 4.61. The van der Waals surface area contributed by atoms with Crippen LogP contribution in [0.4, 0.5) is 18.9 Å². The summed E-state index contributed by atoms with van der Waals surface area (Å²) in [5.74, 6) is 0. The summed E-state index contributed by atoms with van der Waals surface area (Å²) in [5, 5.41) is 3.91. The lowest BCUT2D eigenvalue weighted by molar-refractivity contribution is -0.136. The van der Waals surface area contributed by atoms with E-state index < -0.39 is 11.7 Å². The fourth-order valence-electron chi connectivity index (χ4n) is 1.90. The second kappa shape index (κ2) is 5.99. The largest absolute Gasteiger partial charge is 0.418 e. The van der Waals surface area contributed by atoms with Crippen LogP contribution in [0.2, 0.25) is 0 Å². The number of halogens is 3. The van der Waals surface area contributed by atoms with Gasteiger partial charge in [-0.2, -0.15) is 18.3 Å². The maximum Gasteiger partial charge on any atom is 0.418 e. The van der Waals surface area contributed by atoms with E-state index in [2.05, 4.69) is 10.5 Å². The van der Waals surface area contributed by atoms with Crippen LogP contribution < -0.4 is 5.43 Å². The van der Waals surface area contributed by atoms with E-state index in [1.165, 1.54) is 24.4 Å². The van der Waals surface area contributed by atoms with Gasteiger partial charge in [-0.25, -0.2) is 0 Å². The monoisotopic (exact) mass is 292 g/mol. The zero-order valence-electron chi connectivity index (χ0n) is 11.7. The van der Waals surface area contributed by atoms with Crippen molar-refractivity contribution in [3.63, 3.8) is 0 Å². The Kier molecular flexibility index (Phi) is 4.31. The lowest BCUT2D eigenvalue weighted by atomic mass is 10.1. The average Bonchev–Trinajstić information content (AvgIpc) is 2.42. The number of alkyl halides is 3. The molecular formula is C16H15F3N2. The minimum atomic E-state index is -4.40. The second-order valence-electron chi connectivity index (χ2n) is 4.77. The first-order valence-corrected chi connectivity index (χ1v) is 6.40. The Hall–Kier alpha value is -2.30. The molecule has 0 aliphatic heterocycles. The number of aryl methyl sites for hydroxylation is 2. The summed E-state index contributed by atoms with van der Waals surface area (Å²) >= 11 is 0. The van der Waals surface area contributed by atoms with Gasteiger partial charge in [0.2, 0.25) is 0 Å². The first-order chi connectivity index (χ1) is 9.88. The predicted molar refractivity (Wildman–Crippen MR) is 78.6 cm³/mol. The molecule has 0 saturated carbocycles. The van der Waals surface area contributed by atoms with Gasteiger partial charge in [0.15, 0.2) is 0 Å². The van der Waals surface area contributed by atoms with Gasteiger partial charge in [-0.05, 0) is 37.1 Å². The van der Waals surface area contributed by atoms with Gasteiger partial charge in [0.1, 0.15) is 0 Å². The first kappa shape index (κ1) is 15.1. The normalized spacial score (nSPS) is 11.9. The number of benzene rings is 2. The highest BCUT2D eigenvalue weighted by Crippen LogP contribution is 2.34. The summed E-state index contributed by atoms with van der Waals surface area (Å²) in [7, 11) is 0. The average molecular weight is 292 g/mol. The Morgan fingerprint density at radius 1 is 1.05 bits per heavy atom. The quantitative estimate of drug-likeness (QED) is 0.639. The lowest BCUT2D eigenvalue weighted by Gasteiger charge is -2.11. The van der Waals surface area contributed by atoms with Crippen molar-refractivity contribution in [1.29, 1.82) is 0 Å². The van der Waals surface area contributed by atoms with Crippen LogP contribution in [0.5, 0.6) is 0 Å². The molecule has 0 atom stereocenters. The van der Waals surface area contributed by atoms with Crippen LogP contribution in [0, 0.1) is 13.8 Å². The van der Waals surface area contributed by atoms with Crippen LogP contribution in [-0.4, -0.2) is 6.21 Å². The predicted octanol–water partition coefficient (Wildman–Crippen LogP) is 4.77. The van der Waals surface area contributed by atoms with Gasteiger partial charge in [0, 0.05) is 0 Å². The molecule has 5 heteroatoms. The Morgan fingerprint density at radius 2 is 1.76 bits per heavy atom. The molecule has 0 spiro atoms. The van der Waals surface area contributed by atoms with Crippen LogP contribution in [0.3, 0.4) is 0 Å². The molecule has 0 aliphatic rings. The van der Waals surface area contributed by atoms with Crippen molar-refractivity contribution >= 4 is 11.9 Å². The highest BCUT2D eigenvalue weighted by Gasteiger charge is 2.33. The van der Waals surface area contributed by atoms with E-state index in [9.17, 15) is 13.2 Å². The summed E-state index contributed by atoms with van der Waals surface area (Å²) < 4.78 is 38.5. The second-order valence-corrected chi connectivity index (χ2v) is 4.77. The van der Waals surface area contributed by atoms with Gasteiger partial charge in [0.25, 0.3) is 0 Å². The van der Waals surface area contributed by atoms with Gasteiger partial charge in [-0.1, -0.05) is 35.9 Å². The SMILES string of the molecule is Cc1ccc(C)c(C=NNc2ccccc2C(F)(F)F)c1. The van der Waals surface area contributed by atoms with Gasteiger partial charge in [-0.3, -0.25) is 5.43 Å². The fourth-order valence-corrected chi connectivity index (χ4v) is 1.90. The minimum Gasteiger partial charge on any atom is -0.278 e. The third-order valence-electron chi connectivity index (χ3n) is 3.06. The van der Waals surface area contributed by atoms with Crippen LogP contribution in [-0.2, 0) is 6.18 Å². The van der Waals surface area contributed by atoms with Crippen molar-refractivity contribution in [3.05, 3.63) is 64.7 Å². The Labute approximate surface area is 121 Å². The molecule has 110 valence electrons. The summed E-state index contributed by atoms with van der Waals surface area (Å²) in [6, 6.07) is 11.1. The Morgan fingerprint density at radius 3 is 2.48 bits per heavy atom. The van der Waals surface area contributed by atoms with Crippen molar-refractivity contribution in [3.8, 4) is 0 Å². The molecule has 1 N–H and O–H groups in total. The number of anilines is 1. The molecule has 0 aliphatic carbocycles. The summed E-state index contributed by atoms with van der Waals surface area (Å²) in [6.07, 6.45) is -2.88. The molecule has 0 bridgehead atoms. The number of hydrazone groups is 1. The Bertz CT molecular complexity index is 661. The van der Waals surface area contributed by atoms with E-state index in [-0.39, 0.29) is 5.69 Å². The Balaban J connectivity index is 2.21. The molecule has 21 heavy (non-hydrogen) atoms. The highest BCUT2D eigenvalue weighted by atomic mass is 19.4. The third kappa shape index (κ3) is 3.84. The van der Waals surface area contributed by atoms with Crippen LogP contribution >= 0.6 is 0 Å². The fraction of sp³-hybridized carbons (Fsp3) is 0.188. The van der Waals surface area contributed by atoms with Gasteiger partial charge in [-0.15, -0.1) is 0 Å². The number of nitrogens with one attached hydrogen (secondary N) is 1. The number of nitrogens with zero attached hydrogens (tertiary/aromatic N) is 1. The van der Waals surface area contributed by atoms with Crippen molar-refractivity contribution < 1.29 is 13.2 Å². The van der Waals surface area contributed by atoms with Crippen molar-refractivity contribution in [2.45, 2.75) is 20.0 Å². The maximum absolute atomic E-state index is 12.8. The molecule has 0 unspecified atom stereocenters. The molecule has 0 amide bonds. The first-order valence-electron chi connectivity index (χ1n) is 6.40. The molecule has 2 rings (SSSR count). The molecule has 0 aromatic heterocycles. The molecular weight excluding hydrogens is 277 g/mol. The minimum absolute atomic E-state index is 0.0634. The molecule has 2 aromatic rings. The van der Waals surface area contributed by atoms with Crippen molar-refractivity contribution in [2.75, 3.05) is 5.43 Å². The molecule has 0 radical (unpaired) electrons. The van der Waals surface area contributed by atoms with E-state index >= 15 is 0 Å². The van der Waals surface area contributed by atoms with E-state index in [4.69, 9.17) is 0 Å². The zero-order chi connectivity index (χ0) is 15.5. The highest BCUT2D eigenvalue weighted by molar-refractivity contribution is 5.82. The van der Waals surface area contributed by atoms with E-state index in [1.54, 1.807) is 0 Å². The van der Waals surface area contributed by atoms with E-state index in [0.717, 1.165) is 22.8 Å². The molecule has 2 aromatic carbocycles. The van der Waals surface area contributed by atoms with Crippen molar-refractivity contribution in [2.24, 2.45) is 5.10 Å². The van der Waals surface area contributed by atoms with Crippen LogP contribution in [0.15, 0.2) is 47.6 Å². The molecule has 0 fully saturated rings. The number of para-hydroxylation sites is 1. The standard InChI is InChI=1S/C16H15F3N2/c1-11-7-8-12(2)13(9-11)10-20-21-15-6-4-3-5-14(15)16(17,18)19/h3-10,21H,1-2H3. The molecule has 2 nitrogen and oxygen atoms in total. The number of hydrogen-bond acceptors (Lipinski definition) is 2.